The summed E-state index contributed by atoms with van der Waals surface area (Å²) in [4.78, 5) is 8.98. The third kappa shape index (κ3) is 1.45. The summed E-state index contributed by atoms with van der Waals surface area (Å²) >= 11 is 0. The van der Waals surface area contributed by atoms with E-state index in [0.29, 0.717) is 0 Å². The molecule has 0 aliphatic heterocycles. The summed E-state index contributed by atoms with van der Waals surface area (Å²) in [7, 11) is 0. The van der Waals surface area contributed by atoms with Gasteiger partial charge in [0.05, 0.1) is 11.0 Å². The Balaban J connectivity index is 2.33. The van der Waals surface area contributed by atoms with Crippen molar-refractivity contribution in [1.82, 2.24) is 19.1 Å². The molecule has 1 aromatic carbocycles. The number of aromatic nitrogens is 4. The van der Waals surface area contributed by atoms with Crippen molar-refractivity contribution in [2.24, 2.45) is 0 Å². The average Bonchev–Trinajstić information content (AvgIpc) is 2.90. The summed E-state index contributed by atoms with van der Waals surface area (Å²) in [6.45, 7) is 5.02. The Labute approximate surface area is 99.5 Å². The van der Waals surface area contributed by atoms with Crippen LogP contribution in [0.2, 0.25) is 0 Å². The van der Waals surface area contributed by atoms with Crippen molar-refractivity contribution in [2.75, 3.05) is 0 Å². The quantitative estimate of drug-likeness (QED) is 0.673. The fourth-order valence-electron chi connectivity index (χ4n) is 2.15. The summed E-state index contributed by atoms with van der Waals surface area (Å²) in [5, 5.41) is 0. The molecule has 0 spiro atoms. The number of fused-ring (bicyclic) bond motifs is 1. The van der Waals surface area contributed by atoms with Gasteiger partial charge in [-0.15, -0.1) is 0 Å². The second-order valence-corrected chi connectivity index (χ2v) is 4.00. The van der Waals surface area contributed by atoms with Gasteiger partial charge in [0.1, 0.15) is 5.82 Å². The molecule has 0 aliphatic rings. The molecule has 4 nitrogen and oxygen atoms in total. The van der Waals surface area contributed by atoms with Gasteiger partial charge in [0.15, 0.2) is 0 Å². The molecule has 2 aromatic heterocycles. The number of rotatable bonds is 2. The van der Waals surface area contributed by atoms with E-state index in [1.807, 2.05) is 37.5 Å². The van der Waals surface area contributed by atoms with E-state index < -0.39 is 0 Å². The van der Waals surface area contributed by atoms with Gasteiger partial charge in [-0.05, 0) is 26.0 Å². The predicted octanol–water partition coefficient (Wildman–Crippen LogP) is 2.55. The summed E-state index contributed by atoms with van der Waals surface area (Å²) in [6, 6.07) is 8.13. The Morgan fingerprint density at radius 3 is 2.88 bits per heavy atom. The van der Waals surface area contributed by atoms with Gasteiger partial charge in [0, 0.05) is 18.9 Å². The number of hydrogen-bond donors (Lipinski definition) is 0. The molecule has 2 heterocycles. The monoisotopic (exact) mass is 226 g/mol. The molecular formula is C13H14N4. The van der Waals surface area contributed by atoms with E-state index >= 15 is 0 Å². The fraction of sp³-hybridized carbons (Fsp3) is 0.231. The summed E-state index contributed by atoms with van der Waals surface area (Å²) < 4.78 is 4.21. The number of benzene rings is 1. The molecule has 17 heavy (non-hydrogen) atoms. The highest BCUT2D eigenvalue weighted by atomic mass is 15.3. The molecule has 4 heteroatoms. The number of para-hydroxylation sites is 2. The van der Waals surface area contributed by atoms with Gasteiger partial charge < -0.3 is 4.57 Å². The van der Waals surface area contributed by atoms with Crippen LogP contribution in [0.25, 0.3) is 17.0 Å². The molecule has 0 saturated carbocycles. The Hall–Kier alpha value is -2.10. The van der Waals surface area contributed by atoms with Crippen LogP contribution in [0.3, 0.4) is 0 Å². The molecule has 0 aliphatic carbocycles. The number of imidazole rings is 2. The highest BCUT2D eigenvalue weighted by molar-refractivity contribution is 5.77. The Bertz CT molecular complexity index is 663. The average molecular weight is 226 g/mol. The van der Waals surface area contributed by atoms with Crippen molar-refractivity contribution in [3.05, 3.63) is 42.5 Å². The first-order valence-corrected chi connectivity index (χ1v) is 5.77. The van der Waals surface area contributed by atoms with Crippen LogP contribution in [-0.2, 0) is 6.54 Å². The minimum atomic E-state index is 0.904. The zero-order valence-corrected chi connectivity index (χ0v) is 9.96. The van der Waals surface area contributed by atoms with Crippen molar-refractivity contribution < 1.29 is 0 Å². The van der Waals surface area contributed by atoms with Gasteiger partial charge in [-0.25, -0.2) is 9.97 Å². The third-order valence-corrected chi connectivity index (χ3v) is 2.96. The molecule has 0 radical (unpaired) electrons. The molecular weight excluding hydrogens is 212 g/mol. The first-order chi connectivity index (χ1) is 8.31. The maximum Gasteiger partial charge on any atom is 0.215 e. The lowest BCUT2D eigenvalue weighted by atomic mass is 10.3. The maximum absolute atomic E-state index is 4.55. The smallest absolute Gasteiger partial charge is 0.215 e. The molecule has 0 fully saturated rings. The predicted molar refractivity (Wildman–Crippen MR) is 67.3 cm³/mol. The van der Waals surface area contributed by atoms with Gasteiger partial charge in [0.25, 0.3) is 0 Å². The van der Waals surface area contributed by atoms with Crippen molar-refractivity contribution in [1.29, 1.82) is 0 Å². The highest BCUT2D eigenvalue weighted by Crippen LogP contribution is 2.19. The highest BCUT2D eigenvalue weighted by Gasteiger charge is 2.12. The minimum absolute atomic E-state index is 0.904. The van der Waals surface area contributed by atoms with E-state index in [2.05, 4.69) is 32.1 Å². The van der Waals surface area contributed by atoms with Crippen molar-refractivity contribution in [3.8, 4) is 5.95 Å². The second-order valence-electron chi connectivity index (χ2n) is 4.00. The SMILES string of the molecule is CCn1ccnc1-n1c(C)nc2ccccc21. The van der Waals surface area contributed by atoms with Crippen LogP contribution < -0.4 is 0 Å². The van der Waals surface area contributed by atoms with Crippen LogP contribution in [0.4, 0.5) is 0 Å². The Morgan fingerprint density at radius 2 is 2.06 bits per heavy atom. The van der Waals surface area contributed by atoms with Crippen LogP contribution in [-0.4, -0.2) is 19.1 Å². The lowest BCUT2D eigenvalue weighted by Gasteiger charge is -2.08. The summed E-state index contributed by atoms with van der Waals surface area (Å²) in [5.74, 6) is 1.89. The van der Waals surface area contributed by atoms with Gasteiger partial charge >= 0.3 is 0 Å². The van der Waals surface area contributed by atoms with E-state index in [1.165, 1.54) is 0 Å². The molecule has 0 amide bonds. The third-order valence-electron chi connectivity index (χ3n) is 2.96. The summed E-state index contributed by atoms with van der Waals surface area (Å²) in [6.07, 6.45) is 3.82. The molecule has 86 valence electrons. The van der Waals surface area contributed by atoms with E-state index in [1.54, 1.807) is 0 Å². The van der Waals surface area contributed by atoms with Gasteiger partial charge in [-0.2, -0.15) is 0 Å². The molecule has 0 atom stereocenters. The Kier molecular flexibility index (Phi) is 2.21. The first-order valence-electron chi connectivity index (χ1n) is 5.77. The standard InChI is InChI=1S/C13H14N4/c1-3-16-9-8-14-13(16)17-10(2)15-11-6-4-5-7-12(11)17/h4-9H,3H2,1-2H3. The first kappa shape index (κ1) is 10.1. The van der Waals surface area contributed by atoms with Crippen molar-refractivity contribution in [2.45, 2.75) is 20.4 Å². The van der Waals surface area contributed by atoms with Crippen LogP contribution in [0.1, 0.15) is 12.7 Å². The number of hydrogen-bond acceptors (Lipinski definition) is 2. The lowest BCUT2D eigenvalue weighted by Crippen LogP contribution is -2.06. The topological polar surface area (TPSA) is 35.6 Å². The molecule has 0 bridgehead atoms. The van der Waals surface area contributed by atoms with Crippen LogP contribution >= 0.6 is 0 Å². The van der Waals surface area contributed by atoms with Crippen molar-refractivity contribution >= 4 is 11.0 Å². The molecule has 0 saturated heterocycles. The molecule has 3 rings (SSSR count). The van der Waals surface area contributed by atoms with E-state index in [-0.39, 0.29) is 0 Å². The zero-order chi connectivity index (χ0) is 11.8. The lowest BCUT2D eigenvalue weighted by molar-refractivity contribution is 0.718. The normalized spacial score (nSPS) is 11.2. The molecule has 0 N–H and O–H groups in total. The van der Waals surface area contributed by atoms with Crippen LogP contribution in [0.15, 0.2) is 36.7 Å². The minimum Gasteiger partial charge on any atom is -0.317 e. The summed E-state index contributed by atoms with van der Waals surface area (Å²) in [5.41, 5.74) is 2.11. The van der Waals surface area contributed by atoms with Crippen LogP contribution in [0.5, 0.6) is 0 Å². The van der Waals surface area contributed by atoms with Crippen molar-refractivity contribution in [3.63, 3.8) is 0 Å². The van der Waals surface area contributed by atoms with Gasteiger partial charge in [-0.3, -0.25) is 4.57 Å². The van der Waals surface area contributed by atoms with Gasteiger partial charge in [0.2, 0.25) is 5.95 Å². The van der Waals surface area contributed by atoms with Gasteiger partial charge in [-0.1, -0.05) is 12.1 Å². The van der Waals surface area contributed by atoms with E-state index in [4.69, 9.17) is 0 Å². The fourth-order valence-corrected chi connectivity index (χ4v) is 2.15. The number of aryl methyl sites for hydroxylation is 2. The van der Waals surface area contributed by atoms with E-state index in [0.717, 1.165) is 29.4 Å². The van der Waals surface area contributed by atoms with E-state index in [9.17, 15) is 0 Å². The molecule has 3 aromatic rings. The maximum atomic E-state index is 4.55. The zero-order valence-electron chi connectivity index (χ0n) is 9.96. The second kappa shape index (κ2) is 3.73. The molecule has 0 unspecified atom stereocenters. The van der Waals surface area contributed by atoms with Crippen LogP contribution in [0, 0.1) is 6.92 Å². The number of nitrogens with zero attached hydrogens (tertiary/aromatic N) is 4. The Morgan fingerprint density at radius 1 is 1.24 bits per heavy atom. The largest absolute Gasteiger partial charge is 0.317 e.